The van der Waals surface area contributed by atoms with Crippen LogP contribution < -0.4 is 0 Å². The number of carbonyl (C=O) groups excluding carboxylic acids is 2. The average molecular weight is 331 g/mol. The third-order valence-corrected chi connectivity index (χ3v) is 5.61. The van der Waals surface area contributed by atoms with Crippen LogP contribution in [0.15, 0.2) is 6.20 Å². The molecule has 130 valence electrons. The Morgan fingerprint density at radius 2 is 2.00 bits per heavy atom. The quantitative estimate of drug-likeness (QED) is 0.817. The van der Waals surface area contributed by atoms with E-state index in [1.54, 1.807) is 0 Å². The Balaban J connectivity index is 1.26. The molecule has 2 saturated heterocycles. The highest BCUT2D eigenvalue weighted by Crippen LogP contribution is 2.30. The summed E-state index contributed by atoms with van der Waals surface area (Å²) >= 11 is 0. The standard InChI is InChI=1S/C17H25N5O2/c23-16-6-3-7-20(16)9-14-10-22(19-18-14)15-11-21(12-15)17(24)8-13-4-1-2-5-13/h10,13,15H,1-9,11-12H2. The van der Waals surface area contributed by atoms with Crippen LogP contribution in [0.25, 0.3) is 0 Å². The molecular formula is C17H25N5O2. The maximum absolute atomic E-state index is 12.3. The molecule has 1 aromatic rings. The van der Waals surface area contributed by atoms with Gasteiger partial charge in [-0.1, -0.05) is 18.1 Å². The molecule has 0 spiro atoms. The summed E-state index contributed by atoms with van der Waals surface area (Å²) in [7, 11) is 0. The van der Waals surface area contributed by atoms with Crippen LogP contribution in [0.4, 0.5) is 0 Å². The van der Waals surface area contributed by atoms with Crippen molar-refractivity contribution >= 4 is 11.8 Å². The first-order chi connectivity index (χ1) is 11.7. The monoisotopic (exact) mass is 331 g/mol. The van der Waals surface area contributed by atoms with Gasteiger partial charge in [-0.15, -0.1) is 5.10 Å². The van der Waals surface area contributed by atoms with E-state index in [0.29, 0.717) is 31.2 Å². The molecule has 2 amide bonds. The molecule has 3 heterocycles. The Morgan fingerprint density at radius 3 is 2.71 bits per heavy atom. The molecule has 0 bridgehead atoms. The van der Waals surface area contributed by atoms with Crippen LogP contribution in [0, 0.1) is 5.92 Å². The number of nitrogens with zero attached hydrogens (tertiary/aromatic N) is 5. The van der Waals surface area contributed by atoms with Gasteiger partial charge >= 0.3 is 0 Å². The highest BCUT2D eigenvalue weighted by molar-refractivity contribution is 5.78. The van der Waals surface area contributed by atoms with Crippen LogP contribution in [-0.2, 0) is 16.1 Å². The normalized spacial score (nSPS) is 22.4. The van der Waals surface area contributed by atoms with Gasteiger partial charge in [-0.3, -0.25) is 9.59 Å². The molecule has 4 rings (SSSR count). The lowest BCUT2D eigenvalue weighted by Crippen LogP contribution is -2.51. The maximum Gasteiger partial charge on any atom is 0.222 e. The van der Waals surface area contributed by atoms with E-state index < -0.39 is 0 Å². The Bertz CT molecular complexity index is 616. The number of hydrogen-bond donors (Lipinski definition) is 0. The molecule has 0 N–H and O–H groups in total. The summed E-state index contributed by atoms with van der Waals surface area (Å²) in [6.07, 6.45) is 9.21. The van der Waals surface area contributed by atoms with Crippen molar-refractivity contribution in [2.24, 2.45) is 5.92 Å². The highest BCUT2D eigenvalue weighted by Gasteiger charge is 2.34. The first kappa shape index (κ1) is 15.6. The zero-order valence-electron chi connectivity index (χ0n) is 14.1. The summed E-state index contributed by atoms with van der Waals surface area (Å²) in [5.74, 6) is 1.10. The second-order valence-electron chi connectivity index (χ2n) is 7.42. The van der Waals surface area contributed by atoms with Gasteiger partial charge in [-0.05, 0) is 25.2 Å². The molecule has 24 heavy (non-hydrogen) atoms. The van der Waals surface area contributed by atoms with Gasteiger partial charge < -0.3 is 9.80 Å². The molecule has 7 nitrogen and oxygen atoms in total. The fourth-order valence-corrected chi connectivity index (χ4v) is 4.05. The predicted octanol–water partition coefficient (Wildman–Crippen LogP) is 1.36. The number of rotatable bonds is 5. The summed E-state index contributed by atoms with van der Waals surface area (Å²) in [6, 6.07) is 0.230. The Morgan fingerprint density at radius 1 is 1.21 bits per heavy atom. The number of carbonyl (C=O) groups is 2. The van der Waals surface area contributed by atoms with Gasteiger partial charge in [0, 0.05) is 32.5 Å². The van der Waals surface area contributed by atoms with E-state index in [4.69, 9.17) is 0 Å². The lowest BCUT2D eigenvalue weighted by Gasteiger charge is -2.39. The Hall–Kier alpha value is -1.92. The molecule has 3 aliphatic rings. The van der Waals surface area contributed by atoms with E-state index in [1.165, 1.54) is 25.7 Å². The minimum Gasteiger partial charge on any atom is -0.338 e. The first-order valence-corrected chi connectivity index (χ1v) is 9.15. The molecule has 7 heteroatoms. The van der Waals surface area contributed by atoms with Gasteiger partial charge in [0.2, 0.25) is 11.8 Å². The predicted molar refractivity (Wildman–Crippen MR) is 86.9 cm³/mol. The van der Waals surface area contributed by atoms with Crippen molar-refractivity contribution in [3.05, 3.63) is 11.9 Å². The molecule has 2 aliphatic heterocycles. The third-order valence-electron chi connectivity index (χ3n) is 5.61. The van der Waals surface area contributed by atoms with Crippen molar-refractivity contribution in [3.63, 3.8) is 0 Å². The summed E-state index contributed by atoms with van der Waals surface area (Å²) < 4.78 is 1.86. The smallest absolute Gasteiger partial charge is 0.222 e. The van der Waals surface area contributed by atoms with Crippen molar-refractivity contribution in [1.29, 1.82) is 0 Å². The van der Waals surface area contributed by atoms with Crippen molar-refractivity contribution in [1.82, 2.24) is 24.8 Å². The van der Waals surface area contributed by atoms with Gasteiger partial charge in [0.25, 0.3) is 0 Å². The van der Waals surface area contributed by atoms with Gasteiger partial charge in [0.1, 0.15) is 5.69 Å². The van der Waals surface area contributed by atoms with Crippen molar-refractivity contribution in [2.45, 2.75) is 57.5 Å². The summed E-state index contributed by atoms with van der Waals surface area (Å²) in [4.78, 5) is 27.7. The van der Waals surface area contributed by atoms with E-state index >= 15 is 0 Å². The zero-order chi connectivity index (χ0) is 16.5. The van der Waals surface area contributed by atoms with E-state index in [9.17, 15) is 9.59 Å². The van der Waals surface area contributed by atoms with E-state index in [-0.39, 0.29) is 11.9 Å². The molecular weight excluding hydrogens is 306 g/mol. The van der Waals surface area contributed by atoms with E-state index in [0.717, 1.165) is 31.7 Å². The lowest BCUT2D eigenvalue weighted by molar-refractivity contribution is -0.138. The number of amides is 2. The lowest BCUT2D eigenvalue weighted by atomic mass is 10.0. The van der Waals surface area contributed by atoms with Crippen molar-refractivity contribution in [2.75, 3.05) is 19.6 Å². The summed E-state index contributed by atoms with van der Waals surface area (Å²) in [6.45, 7) is 2.84. The Labute approximate surface area is 142 Å². The number of aromatic nitrogens is 3. The van der Waals surface area contributed by atoms with Crippen LogP contribution in [0.3, 0.4) is 0 Å². The van der Waals surface area contributed by atoms with E-state index in [2.05, 4.69) is 10.3 Å². The van der Waals surface area contributed by atoms with Crippen LogP contribution >= 0.6 is 0 Å². The van der Waals surface area contributed by atoms with Crippen LogP contribution in [0.2, 0.25) is 0 Å². The van der Waals surface area contributed by atoms with Gasteiger partial charge in [0.15, 0.2) is 0 Å². The second-order valence-corrected chi connectivity index (χ2v) is 7.42. The molecule has 1 aliphatic carbocycles. The number of likely N-dealkylation sites (tertiary alicyclic amines) is 2. The molecule has 0 aromatic carbocycles. The van der Waals surface area contributed by atoms with Gasteiger partial charge in [-0.2, -0.15) is 0 Å². The molecule has 0 unspecified atom stereocenters. The fourth-order valence-electron chi connectivity index (χ4n) is 4.05. The molecule has 0 radical (unpaired) electrons. The zero-order valence-corrected chi connectivity index (χ0v) is 14.1. The van der Waals surface area contributed by atoms with Gasteiger partial charge in [0.05, 0.1) is 18.8 Å². The van der Waals surface area contributed by atoms with Crippen molar-refractivity contribution in [3.8, 4) is 0 Å². The fraction of sp³-hybridized carbons (Fsp3) is 0.765. The minimum atomic E-state index is 0.205. The highest BCUT2D eigenvalue weighted by atomic mass is 16.2. The molecule has 1 saturated carbocycles. The molecule has 0 atom stereocenters. The topological polar surface area (TPSA) is 71.3 Å². The van der Waals surface area contributed by atoms with Crippen molar-refractivity contribution < 1.29 is 9.59 Å². The third kappa shape index (κ3) is 3.16. The molecule has 1 aromatic heterocycles. The maximum atomic E-state index is 12.3. The second kappa shape index (κ2) is 6.53. The largest absolute Gasteiger partial charge is 0.338 e. The van der Waals surface area contributed by atoms with Gasteiger partial charge in [-0.25, -0.2) is 4.68 Å². The van der Waals surface area contributed by atoms with Crippen LogP contribution in [0.5, 0.6) is 0 Å². The molecule has 3 fully saturated rings. The minimum absolute atomic E-state index is 0.205. The van der Waals surface area contributed by atoms with E-state index in [1.807, 2.05) is 20.7 Å². The SMILES string of the molecule is O=C1CCCN1Cc1cn(C2CN(C(=O)CC3CCCC3)C2)nn1. The summed E-state index contributed by atoms with van der Waals surface area (Å²) in [5, 5.41) is 8.38. The summed E-state index contributed by atoms with van der Waals surface area (Å²) in [5.41, 5.74) is 0.834. The number of hydrogen-bond acceptors (Lipinski definition) is 4. The average Bonchev–Trinajstić information content (AvgIpc) is 3.23. The van der Waals surface area contributed by atoms with Crippen LogP contribution in [-0.4, -0.2) is 56.2 Å². The van der Waals surface area contributed by atoms with Crippen LogP contribution in [0.1, 0.15) is 56.7 Å². The first-order valence-electron chi connectivity index (χ1n) is 9.15. The Kier molecular flexibility index (Phi) is 4.24.